The largest absolute Gasteiger partial charge is 0.370 e. The first-order chi connectivity index (χ1) is 12.3. The summed E-state index contributed by atoms with van der Waals surface area (Å²) in [6.45, 7) is 4.13. The number of rotatable bonds is 5. The van der Waals surface area contributed by atoms with Gasteiger partial charge in [-0.3, -0.25) is 0 Å². The van der Waals surface area contributed by atoms with E-state index in [4.69, 9.17) is 14.8 Å². The van der Waals surface area contributed by atoms with Gasteiger partial charge in [0.15, 0.2) is 11.6 Å². The van der Waals surface area contributed by atoms with Crippen molar-refractivity contribution in [3.63, 3.8) is 0 Å². The molecule has 7 heteroatoms. The van der Waals surface area contributed by atoms with Gasteiger partial charge in [0.2, 0.25) is 0 Å². The molecule has 1 aliphatic heterocycles. The van der Waals surface area contributed by atoms with Gasteiger partial charge < -0.3 is 4.74 Å². The molecule has 1 aliphatic rings. The Morgan fingerprint density at radius 2 is 2.12 bits per heavy atom. The maximum Gasteiger partial charge on any atom is 0.172 e. The molecule has 4 rings (SSSR count). The third-order valence-corrected chi connectivity index (χ3v) is 4.56. The Bertz CT molecular complexity index is 820. The van der Waals surface area contributed by atoms with Gasteiger partial charge >= 0.3 is 0 Å². The van der Waals surface area contributed by atoms with E-state index in [0.717, 1.165) is 31.1 Å². The SMILES string of the molecule is Cc1ccccc1Cn1nc(Cn2cncn2)nc1[C@@H]1CCCCO1. The van der Waals surface area contributed by atoms with E-state index in [1.807, 2.05) is 4.68 Å². The van der Waals surface area contributed by atoms with Crippen LogP contribution >= 0.6 is 0 Å². The van der Waals surface area contributed by atoms with Crippen molar-refractivity contribution in [3.05, 3.63) is 59.7 Å². The fourth-order valence-electron chi connectivity index (χ4n) is 3.18. The summed E-state index contributed by atoms with van der Waals surface area (Å²) in [7, 11) is 0. The first-order valence-electron chi connectivity index (χ1n) is 8.72. The van der Waals surface area contributed by atoms with Gasteiger partial charge in [-0.05, 0) is 37.3 Å². The molecule has 0 N–H and O–H groups in total. The van der Waals surface area contributed by atoms with Gasteiger partial charge in [-0.2, -0.15) is 10.2 Å². The van der Waals surface area contributed by atoms with Crippen LogP contribution in [-0.4, -0.2) is 36.1 Å². The smallest absolute Gasteiger partial charge is 0.172 e. The molecule has 0 unspecified atom stereocenters. The molecule has 0 aliphatic carbocycles. The van der Waals surface area contributed by atoms with E-state index in [-0.39, 0.29) is 6.10 Å². The van der Waals surface area contributed by atoms with Crippen LogP contribution in [0.15, 0.2) is 36.9 Å². The second kappa shape index (κ2) is 7.14. The van der Waals surface area contributed by atoms with Crippen molar-refractivity contribution in [3.8, 4) is 0 Å². The molecule has 25 heavy (non-hydrogen) atoms. The normalized spacial score (nSPS) is 17.7. The Morgan fingerprint density at radius 1 is 1.20 bits per heavy atom. The highest BCUT2D eigenvalue weighted by molar-refractivity contribution is 5.26. The Hall–Kier alpha value is -2.54. The molecule has 7 nitrogen and oxygen atoms in total. The van der Waals surface area contributed by atoms with Crippen LogP contribution in [0.3, 0.4) is 0 Å². The molecule has 0 spiro atoms. The highest BCUT2D eigenvalue weighted by Crippen LogP contribution is 2.27. The second-order valence-electron chi connectivity index (χ2n) is 6.42. The predicted molar refractivity (Wildman–Crippen MR) is 92.0 cm³/mol. The zero-order valence-electron chi connectivity index (χ0n) is 14.4. The number of nitrogens with zero attached hydrogens (tertiary/aromatic N) is 6. The summed E-state index contributed by atoms with van der Waals surface area (Å²) >= 11 is 0. The third kappa shape index (κ3) is 3.61. The summed E-state index contributed by atoms with van der Waals surface area (Å²) in [4.78, 5) is 8.75. The van der Waals surface area contributed by atoms with Crippen molar-refractivity contribution in [2.45, 2.75) is 45.4 Å². The van der Waals surface area contributed by atoms with Crippen molar-refractivity contribution >= 4 is 0 Å². The number of ether oxygens (including phenoxy) is 1. The van der Waals surface area contributed by atoms with E-state index in [9.17, 15) is 0 Å². The minimum atomic E-state index is 0.0229. The lowest BCUT2D eigenvalue weighted by Gasteiger charge is -2.22. The van der Waals surface area contributed by atoms with Crippen LogP contribution in [0.2, 0.25) is 0 Å². The van der Waals surface area contributed by atoms with Crippen LogP contribution in [0.1, 0.15) is 48.1 Å². The number of hydrogen-bond acceptors (Lipinski definition) is 5. The molecule has 130 valence electrons. The van der Waals surface area contributed by atoms with E-state index < -0.39 is 0 Å². The van der Waals surface area contributed by atoms with Crippen molar-refractivity contribution in [1.82, 2.24) is 29.5 Å². The van der Waals surface area contributed by atoms with Crippen LogP contribution in [0.4, 0.5) is 0 Å². The first kappa shape index (κ1) is 16.0. The third-order valence-electron chi connectivity index (χ3n) is 4.56. The van der Waals surface area contributed by atoms with Gasteiger partial charge in [0.05, 0.1) is 6.54 Å². The van der Waals surface area contributed by atoms with Gasteiger partial charge in [0.1, 0.15) is 25.3 Å². The zero-order valence-corrected chi connectivity index (χ0v) is 14.4. The fourth-order valence-corrected chi connectivity index (χ4v) is 3.18. The van der Waals surface area contributed by atoms with Crippen LogP contribution < -0.4 is 0 Å². The molecular weight excluding hydrogens is 316 g/mol. The zero-order chi connectivity index (χ0) is 17.1. The number of aryl methyl sites for hydroxylation is 1. The van der Waals surface area contributed by atoms with Crippen molar-refractivity contribution in [2.24, 2.45) is 0 Å². The van der Waals surface area contributed by atoms with Crippen LogP contribution in [0.25, 0.3) is 0 Å². The van der Waals surface area contributed by atoms with Gasteiger partial charge in [-0.25, -0.2) is 19.3 Å². The van der Waals surface area contributed by atoms with Crippen LogP contribution in [0.5, 0.6) is 0 Å². The minimum Gasteiger partial charge on any atom is -0.370 e. The van der Waals surface area contributed by atoms with Gasteiger partial charge in [0.25, 0.3) is 0 Å². The van der Waals surface area contributed by atoms with Crippen molar-refractivity contribution in [1.29, 1.82) is 0 Å². The summed E-state index contributed by atoms with van der Waals surface area (Å²) < 4.78 is 9.69. The lowest BCUT2D eigenvalue weighted by atomic mass is 10.1. The van der Waals surface area contributed by atoms with Crippen molar-refractivity contribution < 1.29 is 4.74 Å². The molecule has 1 aromatic carbocycles. The Kier molecular flexibility index (Phi) is 4.56. The molecule has 0 radical (unpaired) electrons. The average molecular weight is 338 g/mol. The summed E-state index contributed by atoms with van der Waals surface area (Å²) in [5.41, 5.74) is 2.50. The van der Waals surface area contributed by atoms with Gasteiger partial charge in [0, 0.05) is 6.61 Å². The summed E-state index contributed by atoms with van der Waals surface area (Å²) in [6.07, 6.45) is 6.51. The summed E-state index contributed by atoms with van der Waals surface area (Å²) in [5.74, 6) is 1.65. The van der Waals surface area contributed by atoms with Crippen molar-refractivity contribution in [2.75, 3.05) is 6.61 Å². The molecule has 1 saturated heterocycles. The van der Waals surface area contributed by atoms with E-state index in [1.165, 1.54) is 23.9 Å². The van der Waals surface area contributed by atoms with E-state index >= 15 is 0 Å². The Morgan fingerprint density at radius 3 is 2.88 bits per heavy atom. The highest BCUT2D eigenvalue weighted by atomic mass is 16.5. The highest BCUT2D eigenvalue weighted by Gasteiger charge is 2.23. The number of benzene rings is 1. The monoisotopic (exact) mass is 338 g/mol. The van der Waals surface area contributed by atoms with E-state index in [0.29, 0.717) is 13.1 Å². The lowest BCUT2D eigenvalue weighted by Crippen LogP contribution is -2.18. The molecular formula is C18H22N6O. The Balaban J connectivity index is 1.64. The quantitative estimate of drug-likeness (QED) is 0.715. The van der Waals surface area contributed by atoms with Gasteiger partial charge in [-0.1, -0.05) is 24.3 Å². The van der Waals surface area contributed by atoms with E-state index in [2.05, 4.69) is 41.3 Å². The average Bonchev–Trinajstić information content (AvgIpc) is 3.28. The molecule has 2 aromatic heterocycles. The van der Waals surface area contributed by atoms with Crippen LogP contribution in [0, 0.1) is 6.92 Å². The predicted octanol–water partition coefficient (Wildman–Crippen LogP) is 2.52. The minimum absolute atomic E-state index is 0.0229. The van der Waals surface area contributed by atoms with E-state index in [1.54, 1.807) is 11.0 Å². The summed E-state index contributed by atoms with van der Waals surface area (Å²) in [6, 6.07) is 8.38. The Labute approximate surface area is 146 Å². The summed E-state index contributed by atoms with van der Waals surface area (Å²) in [5, 5.41) is 8.88. The first-order valence-corrected chi connectivity index (χ1v) is 8.72. The molecule has 3 heterocycles. The molecule has 0 saturated carbocycles. The topological polar surface area (TPSA) is 70.7 Å². The lowest BCUT2D eigenvalue weighted by molar-refractivity contribution is 0.00694. The molecule has 0 amide bonds. The van der Waals surface area contributed by atoms with Crippen LogP contribution in [-0.2, 0) is 17.8 Å². The second-order valence-corrected chi connectivity index (χ2v) is 6.42. The molecule has 3 aromatic rings. The number of hydrogen-bond donors (Lipinski definition) is 0. The fraction of sp³-hybridized carbons (Fsp3) is 0.444. The standard InChI is InChI=1S/C18H22N6O/c1-14-6-2-3-7-15(14)10-24-18(16-8-4-5-9-25-16)21-17(22-24)11-23-13-19-12-20-23/h2-3,6-7,12-13,16H,4-5,8-11H2,1H3/t16-/m0/s1. The number of aromatic nitrogens is 6. The molecule has 0 bridgehead atoms. The molecule has 1 fully saturated rings. The maximum absolute atomic E-state index is 5.96. The maximum atomic E-state index is 5.96. The van der Waals surface area contributed by atoms with Gasteiger partial charge in [-0.15, -0.1) is 0 Å². The molecule has 1 atom stereocenters.